The number of rotatable bonds is 4. The van der Waals surface area contributed by atoms with Crippen LogP contribution in [-0.2, 0) is 6.42 Å². The maximum atomic E-state index is 9.76. The zero-order valence-electron chi connectivity index (χ0n) is 7.99. The van der Waals surface area contributed by atoms with Crippen molar-refractivity contribution in [2.75, 3.05) is 0 Å². The van der Waals surface area contributed by atoms with Crippen molar-refractivity contribution in [3.63, 3.8) is 0 Å². The van der Waals surface area contributed by atoms with E-state index in [9.17, 15) is 5.11 Å². The van der Waals surface area contributed by atoms with E-state index in [1.165, 1.54) is 12.8 Å². The third kappa shape index (κ3) is 2.69. The van der Waals surface area contributed by atoms with Gasteiger partial charge < -0.3 is 5.11 Å². The van der Waals surface area contributed by atoms with E-state index in [2.05, 4.69) is 4.98 Å². The molecule has 2 nitrogen and oxygen atoms in total. The summed E-state index contributed by atoms with van der Waals surface area (Å²) < 4.78 is 0. The molecule has 1 aromatic rings. The van der Waals surface area contributed by atoms with Crippen molar-refractivity contribution in [3.8, 4) is 0 Å². The van der Waals surface area contributed by atoms with Gasteiger partial charge in [0.1, 0.15) is 0 Å². The number of aromatic nitrogens is 1. The number of nitrogens with zero attached hydrogens (tertiary/aromatic N) is 1. The topological polar surface area (TPSA) is 33.1 Å². The van der Waals surface area contributed by atoms with Gasteiger partial charge in [-0.3, -0.25) is 4.98 Å². The van der Waals surface area contributed by atoms with Crippen molar-refractivity contribution in [2.45, 2.75) is 31.8 Å². The summed E-state index contributed by atoms with van der Waals surface area (Å²) in [5.41, 5.74) is 0.995. The number of aliphatic hydroxyl groups is 1. The van der Waals surface area contributed by atoms with Crippen molar-refractivity contribution in [3.05, 3.63) is 29.0 Å². The number of aliphatic hydroxyl groups excluding tert-OH is 1. The largest absolute Gasteiger partial charge is 0.393 e. The molecule has 3 heteroatoms. The quantitative estimate of drug-likeness (QED) is 0.830. The van der Waals surface area contributed by atoms with Gasteiger partial charge in [-0.05, 0) is 30.4 Å². The van der Waals surface area contributed by atoms with Crippen LogP contribution in [0.3, 0.4) is 0 Å². The normalized spacial score (nSPS) is 18.1. The second-order valence-electron chi connectivity index (χ2n) is 4.00. The fourth-order valence-electron chi connectivity index (χ4n) is 1.65. The first-order valence-electron chi connectivity index (χ1n) is 5.02. The van der Waals surface area contributed by atoms with Crippen LogP contribution in [0, 0.1) is 5.92 Å². The van der Waals surface area contributed by atoms with Gasteiger partial charge in [-0.2, -0.15) is 0 Å². The zero-order valence-corrected chi connectivity index (χ0v) is 8.74. The molecule has 1 saturated carbocycles. The monoisotopic (exact) mass is 211 g/mol. The van der Waals surface area contributed by atoms with E-state index >= 15 is 0 Å². The van der Waals surface area contributed by atoms with Crippen LogP contribution in [0.4, 0.5) is 0 Å². The van der Waals surface area contributed by atoms with E-state index in [1.54, 1.807) is 12.4 Å². The van der Waals surface area contributed by atoms with E-state index in [0.717, 1.165) is 17.9 Å². The predicted octanol–water partition coefficient (Wildman–Crippen LogP) is 2.44. The molecule has 1 aliphatic rings. The van der Waals surface area contributed by atoms with E-state index in [1.807, 2.05) is 6.07 Å². The molecule has 1 fully saturated rings. The highest BCUT2D eigenvalue weighted by Crippen LogP contribution is 2.34. The summed E-state index contributed by atoms with van der Waals surface area (Å²) >= 11 is 5.95. The van der Waals surface area contributed by atoms with Crippen molar-refractivity contribution in [1.82, 2.24) is 4.98 Å². The SMILES string of the molecule is OC(Cc1ccncc1Cl)CC1CC1. The first-order valence-corrected chi connectivity index (χ1v) is 5.40. The molecule has 1 heterocycles. The lowest BCUT2D eigenvalue weighted by Crippen LogP contribution is -2.11. The van der Waals surface area contributed by atoms with Crippen LogP contribution in [0.2, 0.25) is 5.02 Å². The van der Waals surface area contributed by atoms with Gasteiger partial charge in [-0.1, -0.05) is 24.4 Å². The third-order valence-corrected chi connectivity index (χ3v) is 2.95. The Hall–Kier alpha value is -0.600. The van der Waals surface area contributed by atoms with E-state index in [-0.39, 0.29) is 6.10 Å². The van der Waals surface area contributed by atoms with Crippen LogP contribution in [0.1, 0.15) is 24.8 Å². The van der Waals surface area contributed by atoms with Gasteiger partial charge >= 0.3 is 0 Å². The molecule has 1 aliphatic carbocycles. The molecule has 0 bridgehead atoms. The van der Waals surface area contributed by atoms with Crippen LogP contribution in [0.5, 0.6) is 0 Å². The lowest BCUT2D eigenvalue weighted by atomic mass is 10.0. The Balaban J connectivity index is 1.91. The summed E-state index contributed by atoms with van der Waals surface area (Å²) in [5, 5.41) is 10.4. The summed E-state index contributed by atoms with van der Waals surface area (Å²) in [6, 6.07) is 1.87. The Morgan fingerprint density at radius 3 is 3.00 bits per heavy atom. The highest BCUT2D eigenvalue weighted by molar-refractivity contribution is 6.31. The van der Waals surface area contributed by atoms with Gasteiger partial charge in [0, 0.05) is 12.4 Å². The van der Waals surface area contributed by atoms with Crippen LogP contribution < -0.4 is 0 Å². The van der Waals surface area contributed by atoms with Gasteiger partial charge in [0.05, 0.1) is 11.1 Å². The maximum absolute atomic E-state index is 9.76. The number of halogens is 1. The molecule has 0 amide bonds. The first-order chi connectivity index (χ1) is 6.75. The number of hydrogen-bond donors (Lipinski definition) is 1. The maximum Gasteiger partial charge on any atom is 0.0622 e. The second kappa shape index (κ2) is 4.28. The highest BCUT2D eigenvalue weighted by Gasteiger charge is 2.24. The second-order valence-corrected chi connectivity index (χ2v) is 4.41. The minimum Gasteiger partial charge on any atom is -0.393 e. The van der Waals surface area contributed by atoms with E-state index < -0.39 is 0 Å². The third-order valence-electron chi connectivity index (χ3n) is 2.61. The first kappa shape index (κ1) is 9.94. The average Bonchev–Trinajstić information content (AvgIpc) is 2.93. The lowest BCUT2D eigenvalue weighted by molar-refractivity contribution is 0.158. The molecular formula is C11H14ClNO. The lowest BCUT2D eigenvalue weighted by Gasteiger charge is -2.10. The van der Waals surface area contributed by atoms with Crippen molar-refractivity contribution < 1.29 is 5.11 Å². The van der Waals surface area contributed by atoms with Gasteiger partial charge in [0.15, 0.2) is 0 Å². The fraction of sp³-hybridized carbons (Fsp3) is 0.545. The molecule has 0 radical (unpaired) electrons. The molecule has 0 spiro atoms. The van der Waals surface area contributed by atoms with Crippen LogP contribution in [0.25, 0.3) is 0 Å². The molecule has 76 valence electrons. The van der Waals surface area contributed by atoms with E-state index in [4.69, 9.17) is 11.6 Å². The molecule has 0 aromatic carbocycles. The molecule has 1 N–H and O–H groups in total. The molecule has 0 saturated heterocycles. The molecular weight excluding hydrogens is 198 g/mol. The Labute approximate surface area is 88.9 Å². The van der Waals surface area contributed by atoms with Gasteiger partial charge in [-0.15, -0.1) is 0 Å². The summed E-state index contributed by atoms with van der Waals surface area (Å²) in [6.07, 6.45) is 7.22. The Morgan fingerprint density at radius 2 is 2.36 bits per heavy atom. The molecule has 0 aliphatic heterocycles. The Morgan fingerprint density at radius 1 is 1.57 bits per heavy atom. The van der Waals surface area contributed by atoms with Crippen molar-refractivity contribution in [2.24, 2.45) is 5.92 Å². The summed E-state index contributed by atoms with van der Waals surface area (Å²) in [4.78, 5) is 3.91. The van der Waals surface area contributed by atoms with E-state index in [0.29, 0.717) is 11.4 Å². The molecule has 1 aromatic heterocycles. The highest BCUT2D eigenvalue weighted by atomic mass is 35.5. The standard InChI is InChI=1S/C11H14ClNO/c12-11-7-13-4-3-9(11)6-10(14)5-8-1-2-8/h3-4,7-8,10,14H,1-2,5-6H2. The van der Waals surface area contributed by atoms with Gasteiger partial charge in [-0.25, -0.2) is 0 Å². The molecule has 1 atom stereocenters. The molecule has 1 unspecified atom stereocenters. The van der Waals surface area contributed by atoms with Gasteiger partial charge in [0.2, 0.25) is 0 Å². The average molecular weight is 212 g/mol. The van der Waals surface area contributed by atoms with Crippen LogP contribution >= 0.6 is 11.6 Å². The Bertz CT molecular complexity index is 312. The number of hydrogen-bond acceptors (Lipinski definition) is 2. The van der Waals surface area contributed by atoms with Crippen LogP contribution in [-0.4, -0.2) is 16.2 Å². The predicted molar refractivity (Wildman–Crippen MR) is 56.3 cm³/mol. The molecule has 2 rings (SSSR count). The van der Waals surface area contributed by atoms with Crippen LogP contribution in [0.15, 0.2) is 18.5 Å². The summed E-state index contributed by atoms with van der Waals surface area (Å²) in [5.74, 6) is 0.755. The Kier molecular flexibility index (Phi) is 3.04. The fourth-order valence-corrected chi connectivity index (χ4v) is 1.84. The minimum atomic E-state index is -0.248. The molecule has 14 heavy (non-hydrogen) atoms. The smallest absolute Gasteiger partial charge is 0.0622 e. The van der Waals surface area contributed by atoms with Gasteiger partial charge in [0.25, 0.3) is 0 Å². The summed E-state index contributed by atoms with van der Waals surface area (Å²) in [6.45, 7) is 0. The summed E-state index contributed by atoms with van der Waals surface area (Å²) in [7, 11) is 0. The van der Waals surface area contributed by atoms with Crippen molar-refractivity contribution >= 4 is 11.6 Å². The minimum absolute atomic E-state index is 0.248. The zero-order chi connectivity index (χ0) is 9.97. The number of pyridine rings is 1. The van der Waals surface area contributed by atoms with Crippen molar-refractivity contribution in [1.29, 1.82) is 0 Å².